The van der Waals surface area contributed by atoms with Crippen molar-refractivity contribution in [2.24, 2.45) is 5.92 Å². The van der Waals surface area contributed by atoms with Crippen LogP contribution in [0.1, 0.15) is 97.0 Å². The highest BCUT2D eigenvalue weighted by molar-refractivity contribution is 5.55. The normalized spacial score (nSPS) is 13.1. The monoisotopic (exact) mass is 442 g/mol. The third-order valence-corrected chi connectivity index (χ3v) is 6.16. The number of nitrogens with zero attached hydrogens (tertiary/aromatic N) is 2. The zero-order valence-electron chi connectivity index (χ0n) is 20.5. The van der Waals surface area contributed by atoms with Crippen LogP contribution in [-0.2, 0) is 6.42 Å². The second-order valence-electron chi connectivity index (χ2n) is 9.08. The average Bonchev–Trinajstić information content (AvgIpc) is 2.82. The second kappa shape index (κ2) is 15.8. The lowest BCUT2D eigenvalue weighted by atomic mass is 9.99. The summed E-state index contributed by atoms with van der Waals surface area (Å²) in [7, 11) is 0. The van der Waals surface area contributed by atoms with Crippen LogP contribution in [0.4, 0.5) is 4.39 Å². The summed E-state index contributed by atoms with van der Waals surface area (Å²) >= 11 is 0. The number of hydrogen-bond donors (Lipinski definition) is 0. The topological polar surface area (TPSA) is 35.0 Å². The van der Waals surface area contributed by atoms with Crippen molar-refractivity contribution in [2.45, 2.75) is 104 Å². The van der Waals surface area contributed by atoms with Gasteiger partial charge in [-0.05, 0) is 55.0 Å². The van der Waals surface area contributed by atoms with Crippen LogP contribution >= 0.6 is 0 Å². The van der Waals surface area contributed by atoms with E-state index in [1.807, 2.05) is 43.6 Å². The number of ether oxygens (including phenoxy) is 1. The maximum Gasteiger partial charge on any atom is 0.159 e. The van der Waals surface area contributed by atoms with Crippen molar-refractivity contribution >= 4 is 0 Å². The molecule has 1 aromatic heterocycles. The van der Waals surface area contributed by atoms with E-state index in [9.17, 15) is 4.39 Å². The molecule has 0 amide bonds. The van der Waals surface area contributed by atoms with E-state index in [-0.39, 0.29) is 5.92 Å². The number of hydrogen-bond acceptors (Lipinski definition) is 3. The molecule has 0 N–H and O–H groups in total. The van der Waals surface area contributed by atoms with E-state index in [4.69, 9.17) is 4.74 Å². The lowest BCUT2D eigenvalue weighted by Gasteiger charge is -2.16. The summed E-state index contributed by atoms with van der Waals surface area (Å²) in [6, 6.07) is 7.76. The molecule has 0 aliphatic carbocycles. The molecule has 0 aliphatic heterocycles. The standard InChI is InChI=1S/C28H43FN2O/c1-4-6-7-8-9-10-11-12-14-24-21-30-28(31-22-24)25-15-17-26(18-16-25)32-20-19-27(29)23(3)13-5-2/h15-18,21-23,27H,4-14,19-20H2,1-3H3. The Morgan fingerprint density at radius 3 is 2.06 bits per heavy atom. The quantitative estimate of drug-likeness (QED) is 0.231. The predicted octanol–water partition coefficient (Wildman–Crippen LogP) is 8.37. The molecule has 3 nitrogen and oxygen atoms in total. The molecule has 0 fully saturated rings. The Bertz CT molecular complexity index is 717. The van der Waals surface area contributed by atoms with Crippen LogP contribution < -0.4 is 4.74 Å². The third-order valence-electron chi connectivity index (χ3n) is 6.16. The van der Waals surface area contributed by atoms with Crippen molar-refractivity contribution in [1.82, 2.24) is 9.97 Å². The Labute approximate surface area is 195 Å². The fraction of sp³-hybridized carbons (Fsp3) is 0.643. The fourth-order valence-electron chi connectivity index (χ4n) is 4.01. The largest absolute Gasteiger partial charge is 0.493 e. The van der Waals surface area contributed by atoms with E-state index >= 15 is 0 Å². The molecule has 0 saturated carbocycles. The summed E-state index contributed by atoms with van der Waals surface area (Å²) in [6.07, 6.45) is 17.2. The van der Waals surface area contributed by atoms with Gasteiger partial charge in [0.2, 0.25) is 0 Å². The minimum Gasteiger partial charge on any atom is -0.493 e. The van der Waals surface area contributed by atoms with Crippen molar-refractivity contribution in [3.63, 3.8) is 0 Å². The van der Waals surface area contributed by atoms with Crippen molar-refractivity contribution in [3.8, 4) is 17.1 Å². The van der Waals surface area contributed by atoms with E-state index in [0.717, 1.165) is 36.4 Å². The molecule has 0 saturated heterocycles. The molecule has 2 atom stereocenters. The number of halogens is 1. The number of aryl methyl sites for hydroxylation is 1. The predicted molar refractivity (Wildman–Crippen MR) is 133 cm³/mol. The fourth-order valence-corrected chi connectivity index (χ4v) is 4.01. The van der Waals surface area contributed by atoms with Gasteiger partial charge in [-0.15, -0.1) is 0 Å². The highest BCUT2D eigenvalue weighted by Crippen LogP contribution is 2.21. The molecule has 4 heteroatoms. The van der Waals surface area contributed by atoms with Crippen molar-refractivity contribution in [1.29, 1.82) is 0 Å². The highest BCUT2D eigenvalue weighted by Gasteiger charge is 2.15. The molecule has 2 rings (SSSR count). The Kier molecular flexibility index (Phi) is 13.0. The van der Waals surface area contributed by atoms with Crippen LogP contribution in [0.3, 0.4) is 0 Å². The summed E-state index contributed by atoms with van der Waals surface area (Å²) in [4.78, 5) is 9.10. The summed E-state index contributed by atoms with van der Waals surface area (Å²) in [5.74, 6) is 1.59. The molecule has 1 aromatic carbocycles. The van der Waals surface area contributed by atoms with Crippen LogP contribution in [0.25, 0.3) is 11.4 Å². The lowest BCUT2D eigenvalue weighted by Crippen LogP contribution is -2.16. The Morgan fingerprint density at radius 2 is 1.44 bits per heavy atom. The number of rotatable bonds is 17. The summed E-state index contributed by atoms with van der Waals surface area (Å²) < 4.78 is 19.8. The minimum absolute atomic E-state index is 0.0987. The van der Waals surface area contributed by atoms with Gasteiger partial charge in [0.25, 0.3) is 0 Å². The first-order chi connectivity index (χ1) is 15.6. The van der Waals surface area contributed by atoms with Gasteiger partial charge < -0.3 is 4.74 Å². The molecule has 0 aliphatic rings. The third kappa shape index (κ3) is 10.1. The number of benzene rings is 1. The lowest BCUT2D eigenvalue weighted by molar-refractivity contribution is 0.178. The second-order valence-corrected chi connectivity index (χ2v) is 9.08. The minimum atomic E-state index is -0.799. The van der Waals surface area contributed by atoms with Crippen LogP contribution in [-0.4, -0.2) is 22.7 Å². The van der Waals surface area contributed by atoms with Gasteiger partial charge in [-0.25, -0.2) is 14.4 Å². The molecule has 1 heterocycles. The zero-order chi connectivity index (χ0) is 23.0. The maximum absolute atomic E-state index is 14.1. The van der Waals surface area contributed by atoms with E-state index in [0.29, 0.717) is 13.0 Å². The molecular weight excluding hydrogens is 399 g/mol. The van der Waals surface area contributed by atoms with Gasteiger partial charge in [0.15, 0.2) is 5.82 Å². The van der Waals surface area contributed by atoms with Crippen molar-refractivity contribution < 1.29 is 9.13 Å². The molecule has 2 unspecified atom stereocenters. The van der Waals surface area contributed by atoms with Crippen molar-refractivity contribution in [3.05, 3.63) is 42.2 Å². The average molecular weight is 443 g/mol. The van der Waals surface area contributed by atoms with Crippen LogP contribution in [0.5, 0.6) is 5.75 Å². The Hall–Kier alpha value is -1.97. The molecular formula is C28H43FN2O. The number of alkyl halides is 1. The zero-order valence-corrected chi connectivity index (χ0v) is 20.5. The Morgan fingerprint density at radius 1 is 0.812 bits per heavy atom. The van der Waals surface area contributed by atoms with Gasteiger partial charge in [0, 0.05) is 24.4 Å². The molecule has 0 spiro atoms. The highest BCUT2D eigenvalue weighted by atomic mass is 19.1. The van der Waals surface area contributed by atoms with Gasteiger partial charge in [-0.1, -0.05) is 72.1 Å². The van der Waals surface area contributed by atoms with Crippen LogP contribution in [0.2, 0.25) is 0 Å². The van der Waals surface area contributed by atoms with Gasteiger partial charge in [0.05, 0.1) is 6.61 Å². The molecule has 178 valence electrons. The summed E-state index contributed by atoms with van der Waals surface area (Å²) in [5.41, 5.74) is 2.17. The smallest absolute Gasteiger partial charge is 0.159 e. The maximum atomic E-state index is 14.1. The van der Waals surface area contributed by atoms with Crippen LogP contribution in [0.15, 0.2) is 36.7 Å². The molecule has 0 radical (unpaired) electrons. The van der Waals surface area contributed by atoms with Gasteiger partial charge >= 0.3 is 0 Å². The number of aromatic nitrogens is 2. The first kappa shape index (κ1) is 26.3. The van der Waals surface area contributed by atoms with Crippen LogP contribution in [0, 0.1) is 5.92 Å². The number of unbranched alkanes of at least 4 members (excludes halogenated alkanes) is 7. The van der Waals surface area contributed by atoms with E-state index < -0.39 is 6.17 Å². The molecule has 2 aromatic rings. The van der Waals surface area contributed by atoms with E-state index in [1.165, 1.54) is 56.9 Å². The van der Waals surface area contributed by atoms with Crippen molar-refractivity contribution in [2.75, 3.05) is 6.61 Å². The van der Waals surface area contributed by atoms with Gasteiger partial charge in [-0.3, -0.25) is 0 Å². The molecule has 0 bridgehead atoms. The first-order valence-electron chi connectivity index (χ1n) is 12.8. The summed E-state index contributed by atoms with van der Waals surface area (Å²) in [6.45, 7) is 6.73. The SMILES string of the molecule is CCCCCCCCCCc1cnc(-c2ccc(OCCC(F)C(C)CCC)cc2)nc1. The first-order valence-corrected chi connectivity index (χ1v) is 12.8. The molecule has 32 heavy (non-hydrogen) atoms. The van der Waals surface area contributed by atoms with Gasteiger partial charge in [-0.2, -0.15) is 0 Å². The summed E-state index contributed by atoms with van der Waals surface area (Å²) in [5, 5.41) is 0. The van der Waals surface area contributed by atoms with Gasteiger partial charge in [0.1, 0.15) is 11.9 Å². The van der Waals surface area contributed by atoms with E-state index in [1.54, 1.807) is 0 Å². The Balaban J connectivity index is 1.69. The van der Waals surface area contributed by atoms with E-state index in [2.05, 4.69) is 23.8 Å².